The van der Waals surface area contributed by atoms with Crippen molar-refractivity contribution < 1.29 is 13.2 Å². The van der Waals surface area contributed by atoms with Crippen LogP contribution in [0.1, 0.15) is 11.1 Å². The minimum atomic E-state index is -4.39. The number of rotatable bonds is 0. The average molecular weight is 190 g/mol. The van der Waals surface area contributed by atoms with Gasteiger partial charge in [-0.3, -0.25) is 0 Å². The fourth-order valence-electron chi connectivity index (χ4n) is 0.924. The third kappa shape index (κ3) is 1.85. The third-order valence-electron chi connectivity index (χ3n) is 1.82. The van der Waals surface area contributed by atoms with E-state index in [1.54, 1.807) is 6.92 Å². The molecule has 0 bridgehead atoms. The molecule has 0 unspecified atom stereocenters. The van der Waals surface area contributed by atoms with Gasteiger partial charge in [-0.25, -0.2) is 0 Å². The maximum atomic E-state index is 12.2. The molecule has 0 radical (unpaired) electrons. The van der Waals surface area contributed by atoms with Gasteiger partial charge < -0.3 is 11.5 Å². The summed E-state index contributed by atoms with van der Waals surface area (Å²) in [6.07, 6.45) is -4.39. The zero-order valence-corrected chi connectivity index (χ0v) is 6.94. The average Bonchev–Trinajstić information content (AvgIpc) is 1.97. The number of hydrogen-bond acceptors (Lipinski definition) is 2. The van der Waals surface area contributed by atoms with Crippen molar-refractivity contribution in [2.75, 3.05) is 11.5 Å². The van der Waals surface area contributed by atoms with Crippen molar-refractivity contribution in [2.45, 2.75) is 13.1 Å². The molecule has 0 aromatic heterocycles. The number of anilines is 2. The second-order valence-corrected chi connectivity index (χ2v) is 2.78. The van der Waals surface area contributed by atoms with Gasteiger partial charge in [0.2, 0.25) is 0 Å². The van der Waals surface area contributed by atoms with Gasteiger partial charge in [0.15, 0.2) is 0 Å². The van der Waals surface area contributed by atoms with Gasteiger partial charge in [-0.15, -0.1) is 0 Å². The molecule has 0 atom stereocenters. The minimum absolute atomic E-state index is 0.0623. The lowest BCUT2D eigenvalue weighted by Crippen LogP contribution is -2.08. The smallest absolute Gasteiger partial charge is 0.398 e. The topological polar surface area (TPSA) is 52.0 Å². The van der Waals surface area contributed by atoms with Gasteiger partial charge in [0.25, 0.3) is 0 Å². The standard InChI is InChI=1S/C8H9F3N2/c1-4-6(12)2-5(3-7(4)13)8(9,10)11/h2-3H,12-13H2,1H3. The van der Waals surface area contributed by atoms with Crippen molar-refractivity contribution in [2.24, 2.45) is 0 Å². The third-order valence-corrected chi connectivity index (χ3v) is 1.82. The van der Waals surface area contributed by atoms with Gasteiger partial charge in [0.1, 0.15) is 0 Å². The fourth-order valence-corrected chi connectivity index (χ4v) is 0.924. The first-order valence-electron chi connectivity index (χ1n) is 3.55. The highest BCUT2D eigenvalue weighted by atomic mass is 19.4. The first kappa shape index (κ1) is 9.70. The molecule has 0 heterocycles. The lowest BCUT2D eigenvalue weighted by atomic mass is 10.1. The van der Waals surface area contributed by atoms with Crippen LogP contribution >= 0.6 is 0 Å². The van der Waals surface area contributed by atoms with E-state index in [1.807, 2.05) is 0 Å². The summed E-state index contributed by atoms with van der Waals surface area (Å²) in [7, 11) is 0. The van der Waals surface area contributed by atoms with Crippen molar-refractivity contribution in [3.05, 3.63) is 23.3 Å². The van der Waals surface area contributed by atoms with Gasteiger partial charge >= 0.3 is 6.18 Å². The van der Waals surface area contributed by atoms with E-state index in [4.69, 9.17) is 11.5 Å². The van der Waals surface area contributed by atoms with Crippen LogP contribution < -0.4 is 11.5 Å². The number of nitrogens with two attached hydrogens (primary N) is 2. The molecule has 0 amide bonds. The van der Waals surface area contributed by atoms with Gasteiger partial charge in [-0.05, 0) is 24.6 Å². The summed E-state index contributed by atoms with van der Waals surface area (Å²) in [5.74, 6) is 0. The summed E-state index contributed by atoms with van der Waals surface area (Å²) < 4.78 is 36.5. The highest BCUT2D eigenvalue weighted by Crippen LogP contribution is 2.33. The Morgan fingerprint density at radius 3 is 1.77 bits per heavy atom. The summed E-state index contributed by atoms with van der Waals surface area (Å²) in [4.78, 5) is 0. The molecular weight excluding hydrogens is 181 g/mol. The zero-order valence-electron chi connectivity index (χ0n) is 6.94. The van der Waals surface area contributed by atoms with Crippen molar-refractivity contribution >= 4 is 11.4 Å². The largest absolute Gasteiger partial charge is 0.416 e. The molecule has 0 aliphatic rings. The number of hydrogen-bond donors (Lipinski definition) is 2. The van der Waals surface area contributed by atoms with Gasteiger partial charge in [-0.1, -0.05) is 0 Å². The van der Waals surface area contributed by atoms with Crippen molar-refractivity contribution in [1.82, 2.24) is 0 Å². The minimum Gasteiger partial charge on any atom is -0.398 e. The highest BCUT2D eigenvalue weighted by Gasteiger charge is 2.31. The van der Waals surface area contributed by atoms with Crippen LogP contribution in [0.5, 0.6) is 0 Å². The first-order valence-corrected chi connectivity index (χ1v) is 3.55. The van der Waals surface area contributed by atoms with Gasteiger partial charge in [-0.2, -0.15) is 13.2 Å². The van der Waals surface area contributed by atoms with Crippen LogP contribution in [0.2, 0.25) is 0 Å². The van der Waals surface area contributed by atoms with E-state index < -0.39 is 11.7 Å². The monoisotopic (exact) mass is 190 g/mol. The number of benzene rings is 1. The van der Waals surface area contributed by atoms with Gasteiger partial charge in [0, 0.05) is 11.4 Å². The molecule has 5 heteroatoms. The molecule has 72 valence electrons. The predicted molar refractivity (Wildman–Crippen MR) is 45.0 cm³/mol. The van der Waals surface area contributed by atoms with Crippen LogP contribution in [0.4, 0.5) is 24.5 Å². The molecular formula is C8H9F3N2. The van der Waals surface area contributed by atoms with Gasteiger partial charge in [0.05, 0.1) is 5.56 Å². The van der Waals surface area contributed by atoms with Crippen LogP contribution in [-0.2, 0) is 6.18 Å². The van der Waals surface area contributed by atoms with Crippen LogP contribution in [0.25, 0.3) is 0 Å². The Balaban J connectivity index is 3.29. The predicted octanol–water partition coefficient (Wildman–Crippen LogP) is 2.18. The number of halogens is 3. The van der Waals surface area contributed by atoms with E-state index in [9.17, 15) is 13.2 Å². The maximum Gasteiger partial charge on any atom is 0.416 e. The Morgan fingerprint density at radius 2 is 1.46 bits per heavy atom. The molecule has 1 rings (SSSR count). The molecule has 0 aliphatic heterocycles. The Labute approximate surface area is 73.3 Å². The molecule has 2 nitrogen and oxygen atoms in total. The molecule has 1 aromatic carbocycles. The molecule has 0 saturated heterocycles. The Kier molecular flexibility index (Phi) is 2.11. The molecule has 0 spiro atoms. The normalized spacial score (nSPS) is 11.7. The Bertz CT molecular complexity index is 308. The summed E-state index contributed by atoms with van der Waals surface area (Å²) in [6, 6.07) is 1.76. The second-order valence-electron chi connectivity index (χ2n) is 2.78. The number of nitrogen functional groups attached to an aromatic ring is 2. The van der Waals surface area contributed by atoms with Crippen molar-refractivity contribution in [1.29, 1.82) is 0 Å². The van der Waals surface area contributed by atoms with Crippen molar-refractivity contribution in [3.8, 4) is 0 Å². The van der Waals surface area contributed by atoms with Crippen LogP contribution in [0, 0.1) is 6.92 Å². The maximum absolute atomic E-state index is 12.2. The SMILES string of the molecule is Cc1c(N)cc(C(F)(F)F)cc1N. The lowest BCUT2D eigenvalue weighted by molar-refractivity contribution is -0.137. The molecule has 0 saturated carbocycles. The van der Waals surface area contributed by atoms with Crippen LogP contribution in [0.15, 0.2) is 12.1 Å². The molecule has 4 N–H and O–H groups in total. The fraction of sp³-hybridized carbons (Fsp3) is 0.250. The van der Waals surface area contributed by atoms with E-state index in [0.29, 0.717) is 5.56 Å². The summed E-state index contributed by atoms with van der Waals surface area (Å²) >= 11 is 0. The van der Waals surface area contributed by atoms with Crippen molar-refractivity contribution in [3.63, 3.8) is 0 Å². The van der Waals surface area contributed by atoms with Crippen LogP contribution in [0.3, 0.4) is 0 Å². The molecule has 1 aromatic rings. The van der Waals surface area contributed by atoms with E-state index in [-0.39, 0.29) is 11.4 Å². The van der Waals surface area contributed by atoms with E-state index in [0.717, 1.165) is 12.1 Å². The summed E-state index contributed by atoms with van der Waals surface area (Å²) in [5, 5.41) is 0. The first-order chi connectivity index (χ1) is 5.82. The van der Waals surface area contributed by atoms with Crippen LogP contribution in [-0.4, -0.2) is 0 Å². The summed E-state index contributed by atoms with van der Waals surface area (Å²) in [6.45, 7) is 1.57. The lowest BCUT2D eigenvalue weighted by Gasteiger charge is -2.10. The number of alkyl halides is 3. The zero-order chi connectivity index (χ0) is 10.2. The van der Waals surface area contributed by atoms with E-state index >= 15 is 0 Å². The van der Waals surface area contributed by atoms with E-state index in [2.05, 4.69) is 0 Å². The molecule has 13 heavy (non-hydrogen) atoms. The summed E-state index contributed by atoms with van der Waals surface area (Å²) in [5.41, 5.74) is 10.5. The molecule has 0 aliphatic carbocycles. The Hall–Kier alpha value is -1.39. The highest BCUT2D eigenvalue weighted by molar-refractivity contribution is 5.62. The molecule has 0 fully saturated rings. The quantitative estimate of drug-likeness (QED) is 0.616. The van der Waals surface area contributed by atoms with E-state index in [1.165, 1.54) is 0 Å². The Morgan fingerprint density at radius 1 is 1.08 bits per heavy atom. The second kappa shape index (κ2) is 2.83.